The second-order valence-electron chi connectivity index (χ2n) is 8.93. The van der Waals surface area contributed by atoms with E-state index >= 15 is 0 Å². The number of halogens is 1. The zero-order chi connectivity index (χ0) is 26.3. The molecule has 0 atom stereocenters. The third-order valence-electron chi connectivity index (χ3n) is 5.96. The molecule has 0 aliphatic carbocycles. The molecule has 0 bridgehead atoms. The summed E-state index contributed by atoms with van der Waals surface area (Å²) in [6.45, 7) is 2.56. The lowest BCUT2D eigenvalue weighted by molar-refractivity contribution is 0.307. The van der Waals surface area contributed by atoms with Crippen LogP contribution in [0.5, 0.6) is 5.75 Å². The van der Waals surface area contributed by atoms with E-state index in [0.717, 1.165) is 27.9 Å². The first-order chi connectivity index (χ1) is 18.5. The maximum Gasteiger partial charge on any atom is 0.267 e. The van der Waals surface area contributed by atoms with Gasteiger partial charge in [-0.05, 0) is 53.9 Å². The van der Waals surface area contributed by atoms with Gasteiger partial charge in [0.1, 0.15) is 18.2 Å². The van der Waals surface area contributed by atoms with Gasteiger partial charge in [0.25, 0.3) is 5.56 Å². The van der Waals surface area contributed by atoms with Gasteiger partial charge >= 0.3 is 0 Å². The lowest BCUT2D eigenvalue weighted by Gasteiger charge is -2.12. The van der Waals surface area contributed by atoms with Crippen molar-refractivity contribution in [3.8, 4) is 16.9 Å². The summed E-state index contributed by atoms with van der Waals surface area (Å²) in [6, 6.07) is 29.4. The highest BCUT2D eigenvalue weighted by atomic mass is 19.1. The second kappa shape index (κ2) is 11.5. The van der Waals surface area contributed by atoms with Crippen LogP contribution in [0.1, 0.15) is 28.1 Å². The van der Waals surface area contributed by atoms with Crippen molar-refractivity contribution in [3.63, 3.8) is 0 Å². The van der Waals surface area contributed by atoms with E-state index in [2.05, 4.69) is 10.1 Å². The summed E-state index contributed by atoms with van der Waals surface area (Å²) in [5.74, 6) is 0.406. The fourth-order valence-corrected chi connectivity index (χ4v) is 4.17. The quantitative estimate of drug-likeness (QED) is 0.241. The van der Waals surface area contributed by atoms with Crippen molar-refractivity contribution in [3.05, 3.63) is 148 Å². The van der Waals surface area contributed by atoms with Gasteiger partial charge in [-0.25, -0.2) is 9.07 Å². The molecule has 0 aliphatic heterocycles. The molecule has 0 saturated carbocycles. The molecule has 0 N–H and O–H groups in total. The molecule has 38 heavy (non-hydrogen) atoms. The average Bonchev–Trinajstić information content (AvgIpc) is 2.92. The number of ether oxygens (including phenoxy) is 1. The zero-order valence-corrected chi connectivity index (χ0v) is 20.9. The molecule has 0 fully saturated rings. The summed E-state index contributed by atoms with van der Waals surface area (Å²) in [6.07, 6.45) is 5.42. The Kier molecular flexibility index (Phi) is 7.50. The maximum atomic E-state index is 13.5. The van der Waals surface area contributed by atoms with E-state index in [1.54, 1.807) is 18.3 Å². The van der Waals surface area contributed by atoms with Gasteiger partial charge in [0.2, 0.25) is 0 Å². The molecule has 2 aromatic heterocycles. The smallest absolute Gasteiger partial charge is 0.267 e. The molecule has 6 heteroatoms. The van der Waals surface area contributed by atoms with Crippen LogP contribution >= 0.6 is 0 Å². The van der Waals surface area contributed by atoms with Crippen molar-refractivity contribution in [1.29, 1.82) is 0 Å². The molecule has 5 aromatic rings. The molecule has 0 radical (unpaired) electrons. The summed E-state index contributed by atoms with van der Waals surface area (Å²) >= 11 is 0. The summed E-state index contributed by atoms with van der Waals surface area (Å²) in [5.41, 5.74) is 5.51. The number of para-hydroxylation sites is 1. The number of nitrogens with zero attached hydrogens (tertiary/aromatic N) is 3. The lowest BCUT2D eigenvalue weighted by atomic mass is 10.1. The van der Waals surface area contributed by atoms with Crippen molar-refractivity contribution >= 4 is 12.2 Å². The Balaban J connectivity index is 1.34. The van der Waals surface area contributed by atoms with Gasteiger partial charge in [0, 0.05) is 22.9 Å². The fourth-order valence-electron chi connectivity index (χ4n) is 4.17. The highest BCUT2D eigenvalue weighted by molar-refractivity contribution is 5.70. The zero-order valence-electron chi connectivity index (χ0n) is 20.9. The molecular weight excluding hydrogens is 477 g/mol. The molecular formula is C32H26FN3O2. The Labute approximate surface area is 220 Å². The predicted octanol–water partition coefficient (Wildman–Crippen LogP) is 6.55. The number of aromatic nitrogens is 3. The van der Waals surface area contributed by atoms with Crippen molar-refractivity contribution in [2.45, 2.75) is 20.1 Å². The number of hydrogen-bond acceptors (Lipinski definition) is 4. The van der Waals surface area contributed by atoms with Crippen LogP contribution in [-0.4, -0.2) is 14.8 Å². The topological polar surface area (TPSA) is 57.0 Å². The van der Waals surface area contributed by atoms with Crippen molar-refractivity contribution in [2.24, 2.45) is 0 Å². The standard InChI is InChI=1S/C32H26FN3O2/c1-23-16-26(15-14-24-10-7-11-28(33)17-24)18-29(35-23)21-36-32(37)19-27(20-34-36)30-12-5-6-13-31(30)38-22-25-8-3-2-4-9-25/h2-20H,21-22H2,1H3. The minimum absolute atomic E-state index is 0.230. The second-order valence-corrected chi connectivity index (χ2v) is 8.93. The van der Waals surface area contributed by atoms with Gasteiger partial charge in [-0.15, -0.1) is 0 Å². The number of pyridine rings is 1. The lowest BCUT2D eigenvalue weighted by Crippen LogP contribution is -2.23. The van der Waals surface area contributed by atoms with Crippen LogP contribution in [0.4, 0.5) is 4.39 Å². The van der Waals surface area contributed by atoms with E-state index in [-0.39, 0.29) is 17.9 Å². The highest BCUT2D eigenvalue weighted by Gasteiger charge is 2.10. The molecule has 2 heterocycles. The molecule has 0 spiro atoms. The van der Waals surface area contributed by atoms with Crippen LogP contribution in [0.2, 0.25) is 0 Å². The average molecular weight is 504 g/mol. The minimum atomic E-state index is -0.280. The Morgan fingerprint density at radius 3 is 2.47 bits per heavy atom. The van der Waals surface area contributed by atoms with E-state index in [4.69, 9.17) is 4.74 Å². The van der Waals surface area contributed by atoms with Crippen molar-refractivity contribution < 1.29 is 9.13 Å². The number of rotatable bonds is 8. The summed E-state index contributed by atoms with van der Waals surface area (Å²) in [4.78, 5) is 17.6. The van der Waals surface area contributed by atoms with Gasteiger partial charge < -0.3 is 4.74 Å². The van der Waals surface area contributed by atoms with Crippen LogP contribution in [0.15, 0.2) is 108 Å². The summed E-state index contributed by atoms with van der Waals surface area (Å²) in [7, 11) is 0. The van der Waals surface area contributed by atoms with Crippen LogP contribution in [0, 0.1) is 12.7 Å². The number of aryl methyl sites for hydroxylation is 1. The molecule has 188 valence electrons. The third-order valence-corrected chi connectivity index (χ3v) is 5.96. The van der Waals surface area contributed by atoms with Crippen molar-refractivity contribution in [1.82, 2.24) is 14.8 Å². The molecule has 0 saturated heterocycles. The summed E-state index contributed by atoms with van der Waals surface area (Å²) < 4.78 is 20.9. The SMILES string of the molecule is Cc1cc(C=Cc2cccc(F)c2)cc(Cn2ncc(-c3ccccc3OCc3ccccc3)cc2=O)n1. The first-order valence-electron chi connectivity index (χ1n) is 12.3. The minimum Gasteiger partial charge on any atom is -0.488 e. The van der Waals surface area contributed by atoms with Gasteiger partial charge in [-0.1, -0.05) is 72.8 Å². The largest absolute Gasteiger partial charge is 0.488 e. The monoisotopic (exact) mass is 503 g/mol. The normalized spacial score (nSPS) is 11.1. The van der Waals surface area contributed by atoms with Crippen LogP contribution in [0.3, 0.4) is 0 Å². The van der Waals surface area contributed by atoms with Gasteiger partial charge in [-0.2, -0.15) is 5.10 Å². The molecule has 5 rings (SSSR count). The van der Waals surface area contributed by atoms with Crippen LogP contribution in [0.25, 0.3) is 23.3 Å². The molecule has 5 nitrogen and oxygen atoms in total. The highest BCUT2D eigenvalue weighted by Crippen LogP contribution is 2.29. The Morgan fingerprint density at radius 2 is 1.66 bits per heavy atom. The van der Waals surface area contributed by atoms with E-state index in [0.29, 0.717) is 23.6 Å². The van der Waals surface area contributed by atoms with E-state index in [1.807, 2.05) is 91.9 Å². The third kappa shape index (κ3) is 6.28. The van der Waals surface area contributed by atoms with E-state index in [9.17, 15) is 9.18 Å². The number of benzene rings is 3. The Hall–Kier alpha value is -4.84. The van der Waals surface area contributed by atoms with Crippen LogP contribution < -0.4 is 10.3 Å². The first-order valence-corrected chi connectivity index (χ1v) is 12.3. The molecule has 0 amide bonds. The molecule has 0 aliphatic rings. The van der Waals surface area contributed by atoms with Crippen molar-refractivity contribution in [2.75, 3.05) is 0 Å². The Bertz CT molecular complexity index is 1640. The van der Waals surface area contributed by atoms with Gasteiger partial charge in [-0.3, -0.25) is 9.78 Å². The molecule has 3 aromatic carbocycles. The van der Waals surface area contributed by atoms with Gasteiger partial charge in [0.15, 0.2) is 0 Å². The van der Waals surface area contributed by atoms with E-state index < -0.39 is 0 Å². The summed E-state index contributed by atoms with van der Waals surface area (Å²) in [5, 5.41) is 4.42. The number of hydrogen-bond donors (Lipinski definition) is 0. The Morgan fingerprint density at radius 1 is 0.868 bits per heavy atom. The molecule has 0 unspecified atom stereocenters. The van der Waals surface area contributed by atoms with Gasteiger partial charge in [0.05, 0.1) is 18.4 Å². The maximum absolute atomic E-state index is 13.5. The van der Waals surface area contributed by atoms with Crippen LogP contribution in [-0.2, 0) is 13.2 Å². The predicted molar refractivity (Wildman–Crippen MR) is 148 cm³/mol. The van der Waals surface area contributed by atoms with E-state index in [1.165, 1.54) is 16.8 Å². The first kappa shape index (κ1) is 24.8. The fraction of sp³-hybridized carbons (Fsp3) is 0.0938.